The van der Waals surface area contributed by atoms with E-state index < -0.39 is 0 Å². The molecule has 0 atom stereocenters. The fourth-order valence-corrected chi connectivity index (χ4v) is 3.63. The summed E-state index contributed by atoms with van der Waals surface area (Å²) in [5.41, 5.74) is 0. The second kappa shape index (κ2) is 7.77. The van der Waals surface area contributed by atoms with E-state index in [-0.39, 0.29) is 24.5 Å². The number of amides is 3. The Balaban J connectivity index is 1.69. The minimum atomic E-state index is -0.389. The first kappa shape index (κ1) is 16.3. The number of rotatable bonds is 5. The molecule has 1 aromatic heterocycles. The first-order valence-corrected chi connectivity index (χ1v) is 8.25. The quantitative estimate of drug-likeness (QED) is 0.873. The Labute approximate surface area is 133 Å². The lowest BCUT2D eigenvalue weighted by atomic mass is 10.2. The van der Waals surface area contributed by atoms with E-state index in [1.54, 1.807) is 0 Å². The molecule has 0 spiro atoms. The van der Waals surface area contributed by atoms with Crippen molar-refractivity contribution in [3.05, 3.63) is 21.3 Å². The molecule has 1 saturated carbocycles. The average Bonchev–Trinajstić information content (AvgIpc) is 3.00. The number of carbonyl (C=O) groups excluding carboxylic acids is 2. The smallest absolute Gasteiger partial charge is 0.321 e. The zero-order valence-corrected chi connectivity index (χ0v) is 13.6. The van der Waals surface area contributed by atoms with Crippen molar-refractivity contribution in [2.75, 3.05) is 13.6 Å². The number of hydrogen-bond donors (Lipinski definition) is 2. The van der Waals surface area contributed by atoms with E-state index in [0.717, 1.165) is 34.9 Å². The predicted molar refractivity (Wildman–Crippen MR) is 84.6 cm³/mol. The Hall–Kier alpha value is -1.11. The number of likely N-dealkylation sites (N-methyl/N-ethyl adjacent to an activating group) is 1. The molecule has 116 valence electrons. The van der Waals surface area contributed by atoms with Crippen molar-refractivity contribution < 1.29 is 9.59 Å². The number of urea groups is 1. The third-order valence-electron chi connectivity index (χ3n) is 3.41. The molecule has 0 aromatic carbocycles. The highest BCUT2D eigenvalue weighted by molar-refractivity contribution is 7.16. The molecule has 0 unspecified atom stereocenters. The van der Waals surface area contributed by atoms with Crippen LogP contribution in [0.4, 0.5) is 4.79 Å². The Kier molecular flexibility index (Phi) is 6.02. The minimum absolute atomic E-state index is 0.174. The molecule has 1 fully saturated rings. The molecule has 3 amide bonds. The molecular formula is C14H20ClN3O2S. The maximum absolute atomic E-state index is 11.8. The van der Waals surface area contributed by atoms with E-state index in [9.17, 15) is 9.59 Å². The molecule has 1 aliphatic rings. The predicted octanol–water partition coefficient (Wildman–Crippen LogP) is 2.60. The molecule has 21 heavy (non-hydrogen) atoms. The van der Waals surface area contributed by atoms with Crippen LogP contribution in [0.2, 0.25) is 4.34 Å². The summed E-state index contributed by atoms with van der Waals surface area (Å²) in [6.07, 6.45) is 4.29. The summed E-state index contributed by atoms with van der Waals surface area (Å²) >= 11 is 7.36. The molecule has 7 heteroatoms. The molecule has 2 rings (SSSR count). The second-order valence-electron chi connectivity index (χ2n) is 5.38. The highest BCUT2D eigenvalue weighted by atomic mass is 35.5. The number of nitrogens with zero attached hydrogens (tertiary/aromatic N) is 1. The number of imide groups is 1. The Morgan fingerprint density at radius 3 is 2.71 bits per heavy atom. The molecule has 1 aromatic rings. The van der Waals surface area contributed by atoms with Gasteiger partial charge in [-0.2, -0.15) is 0 Å². The van der Waals surface area contributed by atoms with E-state index in [2.05, 4.69) is 10.6 Å². The van der Waals surface area contributed by atoms with Gasteiger partial charge in [-0.25, -0.2) is 4.79 Å². The van der Waals surface area contributed by atoms with Crippen LogP contribution in [0.25, 0.3) is 0 Å². The molecule has 0 aliphatic heterocycles. The van der Waals surface area contributed by atoms with E-state index in [1.807, 2.05) is 24.1 Å². The molecule has 5 nitrogen and oxygen atoms in total. The largest absolute Gasteiger partial charge is 0.335 e. The lowest BCUT2D eigenvalue weighted by Crippen LogP contribution is -2.46. The van der Waals surface area contributed by atoms with Crippen LogP contribution in [0.5, 0.6) is 0 Å². The molecule has 0 saturated heterocycles. The van der Waals surface area contributed by atoms with Crippen molar-refractivity contribution in [2.24, 2.45) is 0 Å². The third kappa shape index (κ3) is 5.65. The van der Waals surface area contributed by atoms with Crippen LogP contribution < -0.4 is 10.6 Å². The normalized spacial score (nSPS) is 15.4. The van der Waals surface area contributed by atoms with Crippen molar-refractivity contribution in [3.8, 4) is 0 Å². The Bertz CT molecular complexity index is 500. The molecule has 2 N–H and O–H groups in total. The second-order valence-corrected chi connectivity index (χ2v) is 7.18. The minimum Gasteiger partial charge on any atom is -0.335 e. The lowest BCUT2D eigenvalue weighted by molar-refractivity contribution is -0.120. The van der Waals surface area contributed by atoms with Gasteiger partial charge in [0.25, 0.3) is 0 Å². The summed E-state index contributed by atoms with van der Waals surface area (Å²) in [6, 6.07) is 3.60. The van der Waals surface area contributed by atoms with Gasteiger partial charge in [-0.3, -0.25) is 15.0 Å². The number of thiophene rings is 1. The summed E-state index contributed by atoms with van der Waals surface area (Å²) in [7, 11) is 1.84. The van der Waals surface area contributed by atoms with Gasteiger partial charge in [0.1, 0.15) is 0 Å². The first-order valence-electron chi connectivity index (χ1n) is 7.06. The van der Waals surface area contributed by atoms with Gasteiger partial charge in [0.05, 0.1) is 10.9 Å². The van der Waals surface area contributed by atoms with Crippen LogP contribution in [-0.4, -0.2) is 36.5 Å². The lowest BCUT2D eigenvalue weighted by Gasteiger charge is -2.16. The Morgan fingerprint density at radius 2 is 2.10 bits per heavy atom. The van der Waals surface area contributed by atoms with Crippen LogP contribution in [0.15, 0.2) is 12.1 Å². The number of nitrogens with one attached hydrogen (secondary N) is 2. The number of carbonyl (C=O) groups is 2. The highest BCUT2D eigenvalue weighted by Crippen LogP contribution is 2.22. The average molecular weight is 330 g/mol. The van der Waals surface area contributed by atoms with Gasteiger partial charge in [0.2, 0.25) is 5.91 Å². The summed E-state index contributed by atoms with van der Waals surface area (Å²) in [5, 5.41) is 5.21. The van der Waals surface area contributed by atoms with Crippen LogP contribution in [0.1, 0.15) is 30.6 Å². The van der Waals surface area contributed by atoms with Crippen molar-refractivity contribution in [1.29, 1.82) is 0 Å². The molecular weight excluding hydrogens is 310 g/mol. The SMILES string of the molecule is CN(CC(=O)NC(=O)NC1CCCC1)Cc1ccc(Cl)s1. The summed E-state index contributed by atoms with van der Waals surface area (Å²) < 4.78 is 0.735. The maximum atomic E-state index is 11.8. The highest BCUT2D eigenvalue weighted by Gasteiger charge is 2.18. The van der Waals surface area contributed by atoms with E-state index in [4.69, 9.17) is 11.6 Å². The van der Waals surface area contributed by atoms with Gasteiger partial charge >= 0.3 is 6.03 Å². The van der Waals surface area contributed by atoms with Gasteiger partial charge in [0, 0.05) is 17.5 Å². The number of hydrogen-bond acceptors (Lipinski definition) is 4. The van der Waals surface area contributed by atoms with Gasteiger partial charge in [-0.05, 0) is 32.0 Å². The Morgan fingerprint density at radius 1 is 1.38 bits per heavy atom. The van der Waals surface area contributed by atoms with Crippen LogP contribution >= 0.6 is 22.9 Å². The standard InChI is InChI=1S/C14H20ClN3O2S/c1-18(8-11-6-7-12(15)21-11)9-13(19)17-14(20)16-10-4-2-3-5-10/h6-7,10H,2-5,8-9H2,1H3,(H2,16,17,19,20). The zero-order chi connectivity index (χ0) is 15.2. The molecule has 0 radical (unpaired) electrons. The van der Waals surface area contributed by atoms with Gasteiger partial charge in [-0.15, -0.1) is 11.3 Å². The van der Waals surface area contributed by atoms with E-state index >= 15 is 0 Å². The van der Waals surface area contributed by atoms with E-state index in [0.29, 0.717) is 6.54 Å². The van der Waals surface area contributed by atoms with Crippen LogP contribution in [0, 0.1) is 0 Å². The maximum Gasteiger partial charge on any atom is 0.321 e. The molecule has 1 heterocycles. The molecule has 1 aliphatic carbocycles. The topological polar surface area (TPSA) is 61.4 Å². The zero-order valence-electron chi connectivity index (χ0n) is 12.0. The van der Waals surface area contributed by atoms with Gasteiger partial charge < -0.3 is 5.32 Å². The summed E-state index contributed by atoms with van der Waals surface area (Å²) in [4.78, 5) is 26.4. The van der Waals surface area contributed by atoms with E-state index in [1.165, 1.54) is 11.3 Å². The summed E-state index contributed by atoms with van der Waals surface area (Å²) in [5.74, 6) is -0.296. The van der Waals surface area contributed by atoms with Gasteiger partial charge in [-0.1, -0.05) is 24.4 Å². The fraction of sp³-hybridized carbons (Fsp3) is 0.571. The van der Waals surface area contributed by atoms with Crippen molar-refractivity contribution in [1.82, 2.24) is 15.5 Å². The van der Waals surface area contributed by atoms with Crippen LogP contribution in [0.3, 0.4) is 0 Å². The number of halogens is 1. The van der Waals surface area contributed by atoms with Gasteiger partial charge in [0.15, 0.2) is 0 Å². The van der Waals surface area contributed by atoms with Crippen molar-refractivity contribution >= 4 is 34.9 Å². The van der Waals surface area contributed by atoms with Crippen LogP contribution in [-0.2, 0) is 11.3 Å². The monoisotopic (exact) mass is 329 g/mol. The summed E-state index contributed by atoms with van der Waals surface area (Å²) in [6.45, 7) is 0.808. The molecule has 0 bridgehead atoms. The van der Waals surface area contributed by atoms with Crippen molar-refractivity contribution in [3.63, 3.8) is 0 Å². The third-order valence-corrected chi connectivity index (χ3v) is 4.63. The first-order chi connectivity index (χ1) is 10.0. The van der Waals surface area contributed by atoms with Crippen molar-refractivity contribution in [2.45, 2.75) is 38.3 Å². The fourth-order valence-electron chi connectivity index (χ4n) is 2.46.